The van der Waals surface area contributed by atoms with E-state index in [-0.39, 0.29) is 0 Å². The summed E-state index contributed by atoms with van der Waals surface area (Å²) in [5.74, 6) is 0. The Morgan fingerprint density at radius 3 is 2.18 bits per heavy atom. The molecule has 0 aromatic carbocycles. The summed E-state index contributed by atoms with van der Waals surface area (Å²) in [5, 5.41) is 3.74. The molecule has 2 atom stereocenters. The van der Waals surface area contributed by atoms with Gasteiger partial charge in [-0.1, -0.05) is 27.7 Å². The molecule has 0 spiro atoms. The monoisotopic (exact) mass is 238 g/mol. The summed E-state index contributed by atoms with van der Waals surface area (Å²) in [6, 6.07) is 2.49. The smallest absolute Gasteiger partial charge is 0.0125 e. The lowest BCUT2D eigenvalue weighted by atomic mass is 9.91. The Balaban J connectivity index is 1.85. The first-order valence-electron chi connectivity index (χ1n) is 7.48. The number of piperidine rings is 1. The van der Waals surface area contributed by atoms with Crippen molar-refractivity contribution in [2.45, 2.75) is 77.9 Å². The SMILES string of the molecule is CCN(CCC(C)(C)C)C1CC2CCC(C1)N2. The minimum absolute atomic E-state index is 0.472. The normalized spacial score (nSPS) is 33.4. The number of nitrogens with one attached hydrogen (secondary N) is 1. The van der Waals surface area contributed by atoms with Crippen LogP contribution in [0.15, 0.2) is 0 Å². The molecule has 2 rings (SSSR count). The molecule has 2 saturated heterocycles. The predicted octanol–water partition coefficient (Wildman–Crippen LogP) is 3.03. The van der Waals surface area contributed by atoms with Crippen molar-refractivity contribution in [2.24, 2.45) is 5.41 Å². The van der Waals surface area contributed by atoms with Crippen molar-refractivity contribution >= 4 is 0 Å². The molecule has 17 heavy (non-hydrogen) atoms. The first-order chi connectivity index (χ1) is 7.98. The van der Waals surface area contributed by atoms with E-state index in [0.717, 1.165) is 18.1 Å². The summed E-state index contributed by atoms with van der Waals surface area (Å²) >= 11 is 0. The van der Waals surface area contributed by atoms with Gasteiger partial charge in [-0.05, 0) is 50.6 Å². The average Bonchev–Trinajstić information content (AvgIpc) is 2.57. The van der Waals surface area contributed by atoms with Crippen LogP contribution in [0.2, 0.25) is 0 Å². The van der Waals surface area contributed by atoms with Gasteiger partial charge < -0.3 is 10.2 Å². The van der Waals surface area contributed by atoms with Crippen molar-refractivity contribution in [3.05, 3.63) is 0 Å². The van der Waals surface area contributed by atoms with E-state index in [1.807, 2.05) is 0 Å². The zero-order valence-corrected chi connectivity index (χ0v) is 12.1. The van der Waals surface area contributed by atoms with Crippen LogP contribution >= 0.6 is 0 Å². The lowest BCUT2D eigenvalue weighted by molar-refractivity contribution is 0.131. The Morgan fingerprint density at radius 1 is 1.12 bits per heavy atom. The standard InChI is InChI=1S/C15H30N2/c1-5-17(9-8-15(2,3)4)14-10-12-6-7-13(11-14)16-12/h12-14,16H,5-11H2,1-4H3. The molecule has 2 aliphatic heterocycles. The fraction of sp³-hybridized carbons (Fsp3) is 1.00. The van der Waals surface area contributed by atoms with Crippen LogP contribution in [0.25, 0.3) is 0 Å². The Morgan fingerprint density at radius 2 is 1.71 bits per heavy atom. The molecule has 0 aliphatic carbocycles. The van der Waals surface area contributed by atoms with Gasteiger partial charge in [-0.2, -0.15) is 0 Å². The van der Waals surface area contributed by atoms with Crippen LogP contribution in [-0.4, -0.2) is 36.1 Å². The van der Waals surface area contributed by atoms with Gasteiger partial charge in [-0.15, -0.1) is 0 Å². The van der Waals surface area contributed by atoms with Gasteiger partial charge >= 0.3 is 0 Å². The highest BCUT2D eigenvalue weighted by Gasteiger charge is 2.35. The lowest BCUT2D eigenvalue weighted by Crippen LogP contribution is -2.48. The Kier molecular flexibility index (Phi) is 4.14. The molecule has 0 saturated carbocycles. The van der Waals surface area contributed by atoms with Gasteiger partial charge in [-0.25, -0.2) is 0 Å². The fourth-order valence-electron chi connectivity index (χ4n) is 3.40. The maximum atomic E-state index is 3.74. The molecule has 2 aliphatic rings. The molecule has 2 nitrogen and oxygen atoms in total. The van der Waals surface area contributed by atoms with Gasteiger partial charge in [0, 0.05) is 18.1 Å². The molecule has 0 aromatic rings. The molecule has 1 N–H and O–H groups in total. The number of nitrogens with zero attached hydrogens (tertiary/aromatic N) is 1. The maximum Gasteiger partial charge on any atom is 0.0125 e. The van der Waals surface area contributed by atoms with Crippen molar-refractivity contribution in [1.82, 2.24) is 10.2 Å². The van der Waals surface area contributed by atoms with E-state index in [0.29, 0.717) is 5.41 Å². The Labute approximate surface area is 107 Å². The highest BCUT2D eigenvalue weighted by Crippen LogP contribution is 2.30. The van der Waals surface area contributed by atoms with E-state index in [9.17, 15) is 0 Å². The molecule has 2 fully saturated rings. The Hall–Kier alpha value is -0.0800. The lowest BCUT2D eigenvalue weighted by Gasteiger charge is -2.38. The highest BCUT2D eigenvalue weighted by molar-refractivity contribution is 4.95. The van der Waals surface area contributed by atoms with Gasteiger partial charge in [0.2, 0.25) is 0 Å². The van der Waals surface area contributed by atoms with Gasteiger partial charge in [-0.3, -0.25) is 0 Å². The number of hydrogen-bond acceptors (Lipinski definition) is 2. The van der Waals surface area contributed by atoms with E-state index in [1.165, 1.54) is 45.2 Å². The fourth-order valence-corrected chi connectivity index (χ4v) is 3.40. The third kappa shape index (κ3) is 3.69. The minimum atomic E-state index is 0.472. The quantitative estimate of drug-likeness (QED) is 0.810. The summed E-state index contributed by atoms with van der Waals surface area (Å²) < 4.78 is 0. The third-order valence-electron chi connectivity index (χ3n) is 4.52. The zero-order chi connectivity index (χ0) is 12.5. The molecular weight excluding hydrogens is 208 g/mol. The van der Waals surface area contributed by atoms with Gasteiger partial charge in [0.1, 0.15) is 0 Å². The van der Waals surface area contributed by atoms with Crippen LogP contribution in [-0.2, 0) is 0 Å². The van der Waals surface area contributed by atoms with E-state index < -0.39 is 0 Å². The maximum absolute atomic E-state index is 3.74. The summed E-state index contributed by atoms with van der Waals surface area (Å²) in [6.07, 6.45) is 6.92. The largest absolute Gasteiger partial charge is 0.311 e. The van der Waals surface area contributed by atoms with Crippen molar-refractivity contribution < 1.29 is 0 Å². The third-order valence-corrected chi connectivity index (χ3v) is 4.52. The Bertz CT molecular complexity index is 232. The van der Waals surface area contributed by atoms with Crippen molar-refractivity contribution in [3.8, 4) is 0 Å². The first-order valence-corrected chi connectivity index (χ1v) is 7.48. The van der Waals surface area contributed by atoms with Crippen molar-refractivity contribution in [1.29, 1.82) is 0 Å². The van der Waals surface area contributed by atoms with Crippen molar-refractivity contribution in [3.63, 3.8) is 0 Å². The molecule has 0 amide bonds. The van der Waals surface area contributed by atoms with Crippen molar-refractivity contribution in [2.75, 3.05) is 13.1 Å². The van der Waals surface area contributed by atoms with Gasteiger partial charge in [0.25, 0.3) is 0 Å². The topological polar surface area (TPSA) is 15.3 Å². The van der Waals surface area contributed by atoms with Gasteiger partial charge in [0.15, 0.2) is 0 Å². The van der Waals surface area contributed by atoms with E-state index in [2.05, 4.69) is 37.9 Å². The van der Waals surface area contributed by atoms with Crippen LogP contribution in [0.1, 0.15) is 59.8 Å². The molecule has 2 heteroatoms. The zero-order valence-electron chi connectivity index (χ0n) is 12.1. The molecular formula is C15H30N2. The molecule has 2 bridgehead atoms. The van der Waals surface area contributed by atoms with Crippen LogP contribution in [0.4, 0.5) is 0 Å². The van der Waals surface area contributed by atoms with E-state index in [4.69, 9.17) is 0 Å². The summed E-state index contributed by atoms with van der Waals surface area (Å²) in [6.45, 7) is 11.9. The van der Waals surface area contributed by atoms with E-state index in [1.54, 1.807) is 0 Å². The van der Waals surface area contributed by atoms with E-state index >= 15 is 0 Å². The average molecular weight is 238 g/mol. The van der Waals surface area contributed by atoms with Crippen LogP contribution in [0, 0.1) is 5.41 Å². The number of fused-ring (bicyclic) bond motifs is 2. The molecule has 100 valence electrons. The highest BCUT2D eigenvalue weighted by atomic mass is 15.2. The summed E-state index contributed by atoms with van der Waals surface area (Å²) in [7, 11) is 0. The second kappa shape index (κ2) is 5.27. The second-order valence-electron chi connectivity index (χ2n) is 7.20. The minimum Gasteiger partial charge on any atom is -0.311 e. The van der Waals surface area contributed by atoms with Crippen LogP contribution in [0.5, 0.6) is 0 Å². The first kappa shape index (κ1) is 13.4. The van der Waals surface area contributed by atoms with Crippen LogP contribution in [0.3, 0.4) is 0 Å². The molecule has 0 aromatic heterocycles. The molecule has 2 heterocycles. The number of rotatable bonds is 4. The molecule has 0 radical (unpaired) electrons. The predicted molar refractivity (Wildman–Crippen MR) is 74.3 cm³/mol. The summed E-state index contributed by atoms with van der Waals surface area (Å²) in [5.41, 5.74) is 0.472. The summed E-state index contributed by atoms with van der Waals surface area (Å²) in [4.78, 5) is 2.73. The second-order valence-corrected chi connectivity index (χ2v) is 7.20. The molecule has 2 unspecified atom stereocenters. The van der Waals surface area contributed by atoms with Crippen LogP contribution < -0.4 is 5.32 Å². The van der Waals surface area contributed by atoms with Gasteiger partial charge in [0.05, 0.1) is 0 Å². The number of hydrogen-bond donors (Lipinski definition) is 1.